The van der Waals surface area contributed by atoms with Gasteiger partial charge in [0.05, 0.1) is 5.69 Å². The first-order chi connectivity index (χ1) is 8.02. The highest BCUT2D eigenvalue weighted by atomic mass is 16.2. The maximum atomic E-state index is 11.7. The Morgan fingerprint density at radius 2 is 2.24 bits per heavy atom. The summed E-state index contributed by atoms with van der Waals surface area (Å²) in [4.78, 5) is 26.3. The van der Waals surface area contributed by atoms with Gasteiger partial charge in [0, 0.05) is 18.7 Å². The van der Waals surface area contributed by atoms with E-state index in [1.807, 2.05) is 0 Å². The van der Waals surface area contributed by atoms with Crippen LogP contribution in [0.25, 0.3) is 0 Å². The van der Waals surface area contributed by atoms with Crippen LogP contribution >= 0.6 is 0 Å². The van der Waals surface area contributed by atoms with Crippen molar-refractivity contribution in [1.29, 1.82) is 0 Å². The largest absolute Gasteiger partial charge is 0.370 e. The van der Waals surface area contributed by atoms with Gasteiger partial charge in [-0.1, -0.05) is 0 Å². The lowest BCUT2D eigenvalue weighted by Gasteiger charge is -2.11. The number of nitrogens with two attached hydrogens (primary N) is 2. The van der Waals surface area contributed by atoms with Crippen molar-refractivity contribution in [3.05, 3.63) is 24.0 Å². The van der Waals surface area contributed by atoms with Crippen LogP contribution in [0.4, 0.5) is 5.69 Å². The number of pyridine rings is 1. The summed E-state index contributed by atoms with van der Waals surface area (Å²) in [7, 11) is 0. The van der Waals surface area contributed by atoms with Crippen LogP contribution in [0.15, 0.2) is 18.3 Å². The summed E-state index contributed by atoms with van der Waals surface area (Å²) in [5.41, 5.74) is 8.23. The van der Waals surface area contributed by atoms with Crippen LogP contribution in [0.1, 0.15) is 23.8 Å². The summed E-state index contributed by atoms with van der Waals surface area (Å²) >= 11 is 0. The smallest absolute Gasteiger partial charge is 0.270 e. The Hall–Kier alpha value is -2.15. The van der Waals surface area contributed by atoms with Crippen LogP contribution in [0.2, 0.25) is 0 Å². The molecular formula is C10H15N5O2. The van der Waals surface area contributed by atoms with E-state index in [0.29, 0.717) is 5.69 Å². The van der Waals surface area contributed by atoms with Crippen molar-refractivity contribution in [2.24, 2.45) is 11.6 Å². The lowest BCUT2D eigenvalue weighted by molar-refractivity contribution is -0.118. The molecule has 1 aromatic heterocycles. The minimum absolute atomic E-state index is 0.0839. The van der Waals surface area contributed by atoms with Crippen molar-refractivity contribution < 1.29 is 9.59 Å². The molecule has 0 aliphatic rings. The zero-order valence-corrected chi connectivity index (χ0v) is 9.43. The molecule has 0 spiro atoms. The number of hydrogen-bond acceptors (Lipinski definition) is 5. The summed E-state index contributed by atoms with van der Waals surface area (Å²) in [6, 6.07) is 2.80. The number of amides is 2. The standard InChI is InChI=1S/C10H15N5O2/c1-6(4-9(11)16)14-10(17)8-5-7(15-12)2-3-13-8/h2-3,5-6H,4,12H2,1H3,(H2,11,16)(H,13,15)(H,14,17). The molecule has 1 aromatic rings. The third kappa shape index (κ3) is 4.07. The lowest BCUT2D eigenvalue weighted by Crippen LogP contribution is -2.36. The SMILES string of the molecule is CC(CC(N)=O)NC(=O)c1cc(NN)ccn1. The van der Waals surface area contributed by atoms with E-state index in [1.165, 1.54) is 12.3 Å². The molecule has 1 atom stereocenters. The Balaban J connectivity index is 2.66. The molecule has 0 fully saturated rings. The Morgan fingerprint density at radius 1 is 1.53 bits per heavy atom. The van der Waals surface area contributed by atoms with Crippen molar-refractivity contribution in [2.45, 2.75) is 19.4 Å². The van der Waals surface area contributed by atoms with Crippen LogP contribution in [0.5, 0.6) is 0 Å². The molecule has 0 radical (unpaired) electrons. The molecule has 7 nitrogen and oxygen atoms in total. The second-order valence-electron chi connectivity index (χ2n) is 3.62. The number of primary amides is 1. The van der Waals surface area contributed by atoms with Crippen molar-refractivity contribution in [3.63, 3.8) is 0 Å². The minimum atomic E-state index is -0.469. The molecule has 7 heteroatoms. The average molecular weight is 237 g/mol. The number of hydrogen-bond donors (Lipinski definition) is 4. The number of rotatable bonds is 5. The van der Waals surface area contributed by atoms with Crippen LogP contribution in [0.3, 0.4) is 0 Å². The van der Waals surface area contributed by atoms with Gasteiger partial charge < -0.3 is 16.5 Å². The second-order valence-corrected chi connectivity index (χ2v) is 3.62. The van der Waals surface area contributed by atoms with E-state index in [-0.39, 0.29) is 24.1 Å². The number of anilines is 1. The molecule has 0 aliphatic carbocycles. The molecule has 92 valence electrons. The predicted molar refractivity (Wildman–Crippen MR) is 62.8 cm³/mol. The first-order valence-corrected chi connectivity index (χ1v) is 5.04. The van der Waals surface area contributed by atoms with Gasteiger partial charge in [-0.05, 0) is 19.1 Å². The molecule has 1 rings (SSSR count). The average Bonchev–Trinajstić information content (AvgIpc) is 2.27. The number of aromatic nitrogens is 1. The third-order valence-electron chi connectivity index (χ3n) is 2.04. The van der Waals surface area contributed by atoms with Gasteiger partial charge in [0.1, 0.15) is 5.69 Å². The number of carbonyl (C=O) groups is 2. The van der Waals surface area contributed by atoms with Gasteiger partial charge in [-0.15, -0.1) is 0 Å². The number of nitrogens with one attached hydrogen (secondary N) is 2. The third-order valence-corrected chi connectivity index (χ3v) is 2.04. The molecule has 2 amide bonds. The normalized spacial score (nSPS) is 11.6. The van der Waals surface area contributed by atoms with Crippen molar-refractivity contribution in [1.82, 2.24) is 10.3 Å². The Labute approximate surface area is 98.5 Å². The minimum Gasteiger partial charge on any atom is -0.370 e. The summed E-state index contributed by atoms with van der Waals surface area (Å²) in [5.74, 6) is 4.37. The zero-order valence-electron chi connectivity index (χ0n) is 9.43. The number of carbonyl (C=O) groups excluding carboxylic acids is 2. The highest BCUT2D eigenvalue weighted by Crippen LogP contribution is 2.06. The number of nitrogen functional groups attached to an aromatic ring is 1. The fourth-order valence-electron chi connectivity index (χ4n) is 1.30. The van der Waals surface area contributed by atoms with Crippen molar-refractivity contribution in [3.8, 4) is 0 Å². The number of hydrazine groups is 1. The fourth-order valence-corrected chi connectivity index (χ4v) is 1.30. The lowest BCUT2D eigenvalue weighted by atomic mass is 10.2. The topological polar surface area (TPSA) is 123 Å². The number of nitrogens with zero attached hydrogens (tertiary/aromatic N) is 1. The summed E-state index contributed by atoms with van der Waals surface area (Å²) in [5, 5.41) is 2.61. The van der Waals surface area contributed by atoms with E-state index in [2.05, 4.69) is 15.7 Å². The monoisotopic (exact) mass is 237 g/mol. The maximum Gasteiger partial charge on any atom is 0.270 e. The molecular weight excluding hydrogens is 222 g/mol. The van der Waals surface area contributed by atoms with E-state index in [4.69, 9.17) is 11.6 Å². The van der Waals surface area contributed by atoms with Crippen LogP contribution in [-0.2, 0) is 4.79 Å². The highest BCUT2D eigenvalue weighted by Gasteiger charge is 2.12. The molecule has 6 N–H and O–H groups in total. The van der Waals surface area contributed by atoms with E-state index in [1.54, 1.807) is 13.0 Å². The molecule has 1 heterocycles. The maximum absolute atomic E-state index is 11.7. The van der Waals surface area contributed by atoms with Gasteiger partial charge in [-0.3, -0.25) is 20.4 Å². The first-order valence-electron chi connectivity index (χ1n) is 5.04. The molecule has 0 aromatic carbocycles. The molecule has 0 saturated heterocycles. The van der Waals surface area contributed by atoms with Crippen LogP contribution in [-0.4, -0.2) is 22.8 Å². The highest BCUT2D eigenvalue weighted by molar-refractivity contribution is 5.93. The van der Waals surface area contributed by atoms with Gasteiger partial charge in [-0.25, -0.2) is 0 Å². The van der Waals surface area contributed by atoms with E-state index in [0.717, 1.165) is 0 Å². The Bertz CT molecular complexity index is 421. The fraction of sp³-hybridized carbons (Fsp3) is 0.300. The molecule has 0 aliphatic heterocycles. The van der Waals surface area contributed by atoms with Gasteiger partial charge in [0.25, 0.3) is 5.91 Å². The summed E-state index contributed by atoms with van der Waals surface area (Å²) in [6.45, 7) is 1.69. The predicted octanol–water partition coefficient (Wildman–Crippen LogP) is -0.639. The van der Waals surface area contributed by atoms with E-state index in [9.17, 15) is 9.59 Å². The molecule has 17 heavy (non-hydrogen) atoms. The van der Waals surface area contributed by atoms with Crippen molar-refractivity contribution in [2.75, 3.05) is 5.43 Å². The van der Waals surface area contributed by atoms with E-state index < -0.39 is 5.91 Å². The van der Waals surface area contributed by atoms with Crippen LogP contribution in [0, 0.1) is 0 Å². The second kappa shape index (κ2) is 5.80. The van der Waals surface area contributed by atoms with Gasteiger partial charge in [0.15, 0.2) is 0 Å². The summed E-state index contributed by atoms with van der Waals surface area (Å²) < 4.78 is 0. The van der Waals surface area contributed by atoms with Gasteiger partial charge in [-0.2, -0.15) is 0 Å². The van der Waals surface area contributed by atoms with Gasteiger partial charge in [0.2, 0.25) is 5.91 Å². The molecule has 1 unspecified atom stereocenters. The van der Waals surface area contributed by atoms with Crippen LogP contribution < -0.4 is 22.3 Å². The molecule has 0 bridgehead atoms. The zero-order chi connectivity index (χ0) is 12.8. The Morgan fingerprint density at radius 3 is 2.82 bits per heavy atom. The quantitative estimate of drug-likeness (QED) is 0.400. The first kappa shape index (κ1) is 12.9. The van der Waals surface area contributed by atoms with Crippen molar-refractivity contribution >= 4 is 17.5 Å². The summed E-state index contributed by atoms with van der Waals surface area (Å²) in [6.07, 6.45) is 1.55. The van der Waals surface area contributed by atoms with E-state index >= 15 is 0 Å². The van der Waals surface area contributed by atoms with Gasteiger partial charge >= 0.3 is 0 Å². The molecule has 0 saturated carbocycles. The Kier molecular flexibility index (Phi) is 4.41.